The van der Waals surface area contributed by atoms with Crippen molar-refractivity contribution in [3.8, 4) is 0 Å². The van der Waals surface area contributed by atoms with Crippen LogP contribution in [0.25, 0.3) is 0 Å². The molecule has 0 unspecified atom stereocenters. The molecular formula is C13H17NOSiVY-2. The van der Waals surface area contributed by atoms with Gasteiger partial charge < -0.3 is 4.43 Å². The summed E-state index contributed by atoms with van der Waals surface area (Å²) in [6.07, 6.45) is 1.72. The molecule has 2 nitrogen and oxygen atoms in total. The van der Waals surface area contributed by atoms with Gasteiger partial charge in [0.2, 0.25) is 8.32 Å². The topological polar surface area (TPSA) is 21.6 Å². The van der Waals surface area contributed by atoms with Gasteiger partial charge in [0.1, 0.15) is 0 Å². The fraction of sp³-hybridized carbons (Fsp3) is 0.308. The number of benzene rings is 1. The first-order valence-corrected chi connectivity index (χ1v) is 8.60. The number of rotatable bonds is 4. The zero-order chi connectivity index (χ0) is 12.2. The molecule has 1 rings (SSSR count). The van der Waals surface area contributed by atoms with Crippen molar-refractivity contribution in [3.05, 3.63) is 47.9 Å². The number of hydrogen-bond donors (Lipinski definition) is 0. The first-order valence-electron chi connectivity index (χ1n) is 5.19. The molecule has 0 atom stereocenters. The Bertz CT molecular complexity index is 416. The fourth-order valence-corrected chi connectivity index (χ4v) is 1.89. The largest absolute Gasteiger partial charge is 0.532 e. The molecule has 0 spiro atoms. The second-order valence-corrected chi connectivity index (χ2v) is 8.96. The van der Waals surface area contributed by atoms with E-state index in [4.69, 9.17) is 4.43 Å². The van der Waals surface area contributed by atoms with E-state index >= 15 is 0 Å². The van der Waals surface area contributed by atoms with Gasteiger partial charge in [-0.3, -0.25) is 29.3 Å². The van der Waals surface area contributed by atoms with Gasteiger partial charge in [0, 0.05) is 51.3 Å². The number of nitrogens with zero attached hydrogens (tertiary/aromatic N) is 1. The Kier molecular flexibility index (Phi) is 10.6. The molecule has 0 saturated carbocycles. The average molecular weight is 371 g/mol. The van der Waals surface area contributed by atoms with Gasteiger partial charge in [-0.05, 0) is 26.2 Å². The standard InChI is InChI=1S/C13H17NOSi.V.Y/c1-11-8-6-7-9-13(11)10-14-12(2)15-16(3,4)5;;/h6-7,10H,2H2,1,3-5H3;;/q-2;;/b14-10+;;. The molecule has 0 amide bonds. The van der Waals surface area contributed by atoms with Gasteiger partial charge in [-0.25, -0.2) is 11.1 Å². The predicted octanol–water partition coefficient (Wildman–Crippen LogP) is 3.33. The van der Waals surface area contributed by atoms with Gasteiger partial charge >= 0.3 is 0 Å². The van der Waals surface area contributed by atoms with Crippen molar-refractivity contribution < 1.29 is 55.7 Å². The molecule has 1 aromatic carbocycles. The Morgan fingerprint density at radius 1 is 1.33 bits per heavy atom. The number of aryl methyl sites for hydroxylation is 1. The SMILES string of the molecule is C=C(/N=C/c1[c-]cc[c-]c1C)O[Si](C)(C)C.[V].[Y]. The van der Waals surface area contributed by atoms with Crippen LogP contribution in [0.3, 0.4) is 0 Å². The molecule has 0 fully saturated rings. The van der Waals surface area contributed by atoms with Crippen molar-refractivity contribution in [3.63, 3.8) is 0 Å². The Labute approximate surface area is 148 Å². The maximum Gasteiger partial charge on any atom is 0.244 e. The molecule has 0 N–H and O–H groups in total. The molecule has 0 aliphatic carbocycles. The number of hydrogen-bond acceptors (Lipinski definition) is 2. The molecular weight excluding hydrogens is 354 g/mol. The van der Waals surface area contributed by atoms with Crippen LogP contribution in [0.2, 0.25) is 19.6 Å². The van der Waals surface area contributed by atoms with Crippen LogP contribution in [-0.4, -0.2) is 14.5 Å². The number of aliphatic imine (C=N–C) groups is 1. The molecule has 5 heteroatoms. The molecule has 18 heavy (non-hydrogen) atoms. The first-order chi connectivity index (χ1) is 7.38. The van der Waals surface area contributed by atoms with E-state index in [2.05, 4.69) is 43.3 Å². The summed E-state index contributed by atoms with van der Waals surface area (Å²) in [5, 5.41) is 0. The molecule has 0 bridgehead atoms. The van der Waals surface area contributed by atoms with E-state index in [1.807, 2.05) is 19.1 Å². The summed E-state index contributed by atoms with van der Waals surface area (Å²) in [7, 11) is -1.60. The van der Waals surface area contributed by atoms with Crippen LogP contribution in [0.4, 0.5) is 0 Å². The molecule has 0 aromatic heterocycles. The van der Waals surface area contributed by atoms with Gasteiger partial charge in [-0.2, -0.15) is 0 Å². The van der Waals surface area contributed by atoms with E-state index in [1.54, 1.807) is 6.21 Å². The molecule has 2 radical (unpaired) electrons. The van der Waals surface area contributed by atoms with Crippen molar-refractivity contribution in [1.29, 1.82) is 0 Å². The maximum atomic E-state index is 5.62. The quantitative estimate of drug-likeness (QED) is 0.344. The summed E-state index contributed by atoms with van der Waals surface area (Å²) in [4.78, 5) is 4.18. The van der Waals surface area contributed by atoms with E-state index in [0.29, 0.717) is 5.88 Å². The minimum Gasteiger partial charge on any atom is -0.532 e. The van der Waals surface area contributed by atoms with Gasteiger partial charge in [-0.1, -0.05) is 13.1 Å². The second-order valence-electron chi connectivity index (χ2n) is 4.53. The van der Waals surface area contributed by atoms with E-state index in [1.165, 1.54) is 0 Å². The summed E-state index contributed by atoms with van der Waals surface area (Å²) in [6, 6.07) is 9.83. The van der Waals surface area contributed by atoms with E-state index < -0.39 is 8.32 Å². The normalized spacial score (nSPS) is 10.4. The van der Waals surface area contributed by atoms with Gasteiger partial charge in [0.05, 0.1) is 0 Å². The van der Waals surface area contributed by atoms with Gasteiger partial charge in [-0.15, -0.1) is 0 Å². The van der Waals surface area contributed by atoms with Gasteiger partial charge in [0.25, 0.3) is 0 Å². The Balaban J connectivity index is 0. The monoisotopic (exact) mass is 371 g/mol. The summed E-state index contributed by atoms with van der Waals surface area (Å²) < 4.78 is 5.62. The minimum absolute atomic E-state index is 0. The van der Waals surface area contributed by atoms with Crippen LogP contribution < -0.4 is 0 Å². The molecule has 0 aliphatic heterocycles. The van der Waals surface area contributed by atoms with Crippen LogP contribution in [0.1, 0.15) is 11.1 Å². The Morgan fingerprint density at radius 3 is 2.39 bits per heavy atom. The third-order valence-electron chi connectivity index (χ3n) is 1.79. The van der Waals surface area contributed by atoms with Crippen LogP contribution >= 0.6 is 0 Å². The fourth-order valence-electron chi connectivity index (χ4n) is 1.13. The summed E-state index contributed by atoms with van der Waals surface area (Å²) >= 11 is 0. The molecule has 0 saturated heterocycles. The predicted molar refractivity (Wildman–Crippen MR) is 70.0 cm³/mol. The minimum atomic E-state index is -1.60. The third kappa shape index (κ3) is 8.44. The van der Waals surface area contributed by atoms with Crippen molar-refractivity contribution in [2.24, 2.45) is 4.99 Å². The van der Waals surface area contributed by atoms with Crippen LogP contribution in [0.5, 0.6) is 0 Å². The summed E-state index contributed by atoms with van der Waals surface area (Å²) in [5.41, 5.74) is 1.94. The van der Waals surface area contributed by atoms with Crippen molar-refractivity contribution in [2.75, 3.05) is 0 Å². The van der Waals surface area contributed by atoms with Crippen molar-refractivity contribution >= 4 is 14.5 Å². The van der Waals surface area contributed by atoms with Crippen molar-refractivity contribution in [2.45, 2.75) is 26.6 Å². The third-order valence-corrected chi connectivity index (χ3v) is 2.64. The van der Waals surface area contributed by atoms with Gasteiger partial charge in [0.15, 0.2) is 5.88 Å². The molecule has 0 aliphatic rings. The van der Waals surface area contributed by atoms with Crippen LogP contribution in [0.15, 0.2) is 29.6 Å². The molecule has 1 aromatic rings. The first kappa shape index (κ1) is 20.6. The summed E-state index contributed by atoms with van der Waals surface area (Å²) in [6.45, 7) is 12.0. The zero-order valence-electron chi connectivity index (χ0n) is 11.3. The van der Waals surface area contributed by atoms with Crippen LogP contribution in [-0.2, 0) is 55.7 Å². The Morgan fingerprint density at radius 2 is 1.89 bits per heavy atom. The maximum absolute atomic E-state index is 5.62. The summed E-state index contributed by atoms with van der Waals surface area (Å²) in [5.74, 6) is 0.468. The average Bonchev–Trinajstić information content (AvgIpc) is 2.14. The van der Waals surface area contributed by atoms with Crippen molar-refractivity contribution in [1.82, 2.24) is 0 Å². The molecule has 0 heterocycles. The van der Waals surface area contributed by atoms with E-state index in [0.717, 1.165) is 11.1 Å². The zero-order valence-corrected chi connectivity index (χ0v) is 16.6. The smallest absolute Gasteiger partial charge is 0.244 e. The Hall–Kier alpha value is 0.335. The second kappa shape index (κ2) is 9.27. The van der Waals surface area contributed by atoms with Crippen LogP contribution in [0, 0.1) is 19.1 Å². The molecule has 94 valence electrons. The van der Waals surface area contributed by atoms with E-state index in [-0.39, 0.29) is 51.3 Å². The van der Waals surface area contributed by atoms with E-state index in [9.17, 15) is 0 Å².